The maximum absolute atomic E-state index is 13.4. The van der Waals surface area contributed by atoms with Gasteiger partial charge in [-0.1, -0.05) is 100 Å². The summed E-state index contributed by atoms with van der Waals surface area (Å²) in [6.45, 7) is 8.70. The molecule has 328 valence electrons. The number of carbonyl (C=O) groups is 4. The van der Waals surface area contributed by atoms with E-state index in [-0.39, 0.29) is 57.2 Å². The monoisotopic (exact) mass is 874 g/mol. The number of benzene rings is 4. The Morgan fingerprint density at radius 2 is 1.02 bits per heavy atom. The number of carboxylic acids is 2. The standard InChI is InChI=1S/C48H50N4O10S/c1-29(2)35-13-5-7-15-37(35)43-31(19-23-41(53)49-25-9-11-33(27-49)47(55)56)17-21-39(45(43)51(59)60)63-40-22-18-32(20-24-42(54)50-26-10-12-34(28-50)48(57)58)44(46(40)52(61)62)38-16-8-6-14-36(38)30(3)4/h5-8,13-24,29-30,33-34H,9-12,25-28H2,1-4H3,(H,55,56)(H,57,58)/b23-19+,24-20+. The second-order valence-electron chi connectivity index (χ2n) is 16.4. The van der Waals surface area contributed by atoms with E-state index >= 15 is 0 Å². The maximum atomic E-state index is 13.4. The van der Waals surface area contributed by atoms with Crippen LogP contribution in [0.15, 0.2) is 94.7 Å². The predicted molar refractivity (Wildman–Crippen MR) is 241 cm³/mol. The van der Waals surface area contributed by atoms with E-state index in [0.29, 0.717) is 61.0 Å². The molecule has 63 heavy (non-hydrogen) atoms. The fourth-order valence-corrected chi connectivity index (χ4v) is 9.47. The molecule has 6 rings (SSSR count). The molecule has 2 N–H and O–H groups in total. The maximum Gasteiger partial charge on any atom is 0.308 e. The van der Waals surface area contributed by atoms with Gasteiger partial charge in [0, 0.05) is 38.3 Å². The lowest BCUT2D eigenvalue weighted by Gasteiger charge is -2.29. The number of amides is 2. The first-order chi connectivity index (χ1) is 30.1. The minimum Gasteiger partial charge on any atom is -0.481 e. The summed E-state index contributed by atoms with van der Waals surface area (Å²) < 4.78 is 0. The van der Waals surface area contributed by atoms with Crippen molar-refractivity contribution in [1.29, 1.82) is 0 Å². The van der Waals surface area contributed by atoms with Gasteiger partial charge in [-0.15, -0.1) is 0 Å². The van der Waals surface area contributed by atoms with Crippen molar-refractivity contribution in [1.82, 2.24) is 9.80 Å². The summed E-state index contributed by atoms with van der Waals surface area (Å²) in [5.41, 5.74) is 3.21. The summed E-state index contributed by atoms with van der Waals surface area (Å²) in [5, 5.41) is 45.9. The fraction of sp³-hybridized carbons (Fsp3) is 0.333. The van der Waals surface area contributed by atoms with Crippen molar-refractivity contribution in [2.45, 2.75) is 75.0 Å². The smallest absolute Gasteiger partial charge is 0.308 e. The lowest BCUT2D eigenvalue weighted by molar-refractivity contribution is -0.387. The molecule has 2 heterocycles. The van der Waals surface area contributed by atoms with Gasteiger partial charge in [-0.3, -0.25) is 39.4 Å². The van der Waals surface area contributed by atoms with Gasteiger partial charge in [0.25, 0.3) is 11.4 Å². The Morgan fingerprint density at radius 3 is 1.37 bits per heavy atom. The van der Waals surface area contributed by atoms with Crippen LogP contribution in [0.1, 0.15) is 87.5 Å². The lowest BCUT2D eigenvalue weighted by atomic mass is 9.89. The highest BCUT2D eigenvalue weighted by molar-refractivity contribution is 7.99. The number of likely N-dealkylation sites (tertiary alicyclic amines) is 2. The first-order valence-corrected chi connectivity index (χ1v) is 21.8. The Hall–Kier alpha value is -6.61. The Kier molecular flexibility index (Phi) is 14.6. The number of nitro groups is 2. The molecule has 2 fully saturated rings. The van der Waals surface area contributed by atoms with E-state index in [2.05, 4.69) is 0 Å². The van der Waals surface area contributed by atoms with Crippen molar-refractivity contribution in [3.05, 3.63) is 127 Å². The van der Waals surface area contributed by atoms with Gasteiger partial charge in [0.15, 0.2) is 0 Å². The predicted octanol–water partition coefficient (Wildman–Crippen LogP) is 9.91. The normalized spacial score (nSPS) is 16.9. The molecule has 0 aliphatic carbocycles. The first kappa shape index (κ1) is 45.9. The average molecular weight is 875 g/mol. The molecule has 0 radical (unpaired) electrons. The summed E-state index contributed by atoms with van der Waals surface area (Å²) in [5.74, 6) is -4.31. The van der Waals surface area contributed by atoms with Crippen LogP contribution in [0.2, 0.25) is 0 Å². The van der Waals surface area contributed by atoms with Crippen LogP contribution in [-0.4, -0.2) is 79.8 Å². The van der Waals surface area contributed by atoms with E-state index < -0.39 is 45.4 Å². The molecule has 2 saturated heterocycles. The third kappa shape index (κ3) is 10.4. The molecule has 2 aliphatic rings. The molecule has 4 aromatic rings. The molecule has 2 amide bonds. The summed E-state index contributed by atoms with van der Waals surface area (Å²) in [4.78, 5) is 79.1. The molecule has 2 atom stereocenters. The quantitative estimate of drug-likeness (QED) is 0.0694. The van der Waals surface area contributed by atoms with Gasteiger partial charge < -0.3 is 20.0 Å². The van der Waals surface area contributed by atoms with Gasteiger partial charge in [0.05, 0.1) is 42.6 Å². The van der Waals surface area contributed by atoms with E-state index in [9.17, 15) is 49.6 Å². The summed E-state index contributed by atoms with van der Waals surface area (Å²) in [7, 11) is 0. The average Bonchev–Trinajstić information content (AvgIpc) is 3.27. The van der Waals surface area contributed by atoms with Gasteiger partial charge in [0.1, 0.15) is 0 Å². The van der Waals surface area contributed by atoms with Crippen molar-refractivity contribution >= 4 is 59.0 Å². The van der Waals surface area contributed by atoms with Crippen LogP contribution in [0.4, 0.5) is 11.4 Å². The molecule has 15 heteroatoms. The second kappa shape index (κ2) is 20.1. The molecule has 0 bridgehead atoms. The number of aliphatic carboxylic acids is 2. The number of nitrogens with zero attached hydrogens (tertiary/aromatic N) is 4. The molecule has 14 nitrogen and oxygen atoms in total. The number of hydrogen-bond acceptors (Lipinski definition) is 9. The minimum absolute atomic E-state index is 0.0518. The zero-order chi connectivity index (χ0) is 45.5. The topological polar surface area (TPSA) is 202 Å². The number of rotatable bonds is 14. The van der Waals surface area contributed by atoms with Crippen LogP contribution in [0.3, 0.4) is 0 Å². The highest BCUT2D eigenvalue weighted by Crippen LogP contribution is 2.50. The molecule has 0 spiro atoms. The van der Waals surface area contributed by atoms with Crippen molar-refractivity contribution in [3.63, 3.8) is 0 Å². The molecule has 4 aromatic carbocycles. The SMILES string of the molecule is CC(C)c1ccccc1-c1c(/C=C/C(=O)N2CCCC(C(=O)O)C2)ccc(Sc2ccc(/C=C/C(=O)N3CCCC(C(=O)O)C3)c(-c3ccccc3C(C)C)c2[N+](=O)[O-])c1[N+](=O)[O-]. The van der Waals surface area contributed by atoms with Crippen molar-refractivity contribution < 1.29 is 39.2 Å². The fourth-order valence-electron chi connectivity index (χ4n) is 8.41. The molecule has 2 aliphatic heterocycles. The van der Waals surface area contributed by atoms with E-state index in [1.165, 1.54) is 46.2 Å². The zero-order valence-corrected chi connectivity index (χ0v) is 36.4. The van der Waals surface area contributed by atoms with Crippen LogP contribution >= 0.6 is 11.8 Å². The largest absolute Gasteiger partial charge is 0.481 e. The molecule has 0 saturated carbocycles. The third-order valence-corrected chi connectivity index (χ3v) is 12.7. The van der Waals surface area contributed by atoms with Crippen molar-refractivity contribution in [2.75, 3.05) is 26.2 Å². The Bertz CT molecular complexity index is 2340. The van der Waals surface area contributed by atoms with Crippen molar-refractivity contribution in [2.24, 2.45) is 11.8 Å². The minimum atomic E-state index is -0.976. The van der Waals surface area contributed by atoms with Gasteiger partial charge in [-0.2, -0.15) is 0 Å². The van der Waals surface area contributed by atoms with Gasteiger partial charge in [-0.25, -0.2) is 0 Å². The second-order valence-corrected chi connectivity index (χ2v) is 17.5. The van der Waals surface area contributed by atoms with Crippen LogP contribution in [0, 0.1) is 32.1 Å². The van der Waals surface area contributed by atoms with Gasteiger partial charge in [-0.05, 0) is 95.2 Å². The van der Waals surface area contributed by atoms with Gasteiger partial charge in [0.2, 0.25) is 11.8 Å². The highest BCUT2D eigenvalue weighted by Gasteiger charge is 2.33. The summed E-state index contributed by atoms with van der Waals surface area (Å²) >= 11 is 0.868. The van der Waals surface area contributed by atoms with Crippen LogP contribution in [0.25, 0.3) is 34.4 Å². The van der Waals surface area contributed by atoms with Crippen LogP contribution < -0.4 is 0 Å². The number of carbonyl (C=O) groups excluding carboxylic acids is 2. The summed E-state index contributed by atoms with van der Waals surface area (Å²) in [6.07, 6.45) is 7.57. The molecular weight excluding hydrogens is 825 g/mol. The van der Waals surface area contributed by atoms with E-state index in [1.54, 1.807) is 36.4 Å². The van der Waals surface area contributed by atoms with E-state index in [4.69, 9.17) is 0 Å². The van der Waals surface area contributed by atoms with Crippen LogP contribution in [0.5, 0.6) is 0 Å². The number of carboxylic acid groups (broad SMARTS) is 2. The Morgan fingerprint density at radius 1 is 0.635 bits per heavy atom. The van der Waals surface area contributed by atoms with Crippen molar-refractivity contribution in [3.8, 4) is 22.3 Å². The van der Waals surface area contributed by atoms with E-state index in [0.717, 1.165) is 22.9 Å². The number of piperidine rings is 2. The molecule has 0 aromatic heterocycles. The number of nitro benzene ring substituents is 2. The molecule has 2 unspecified atom stereocenters. The Balaban J connectivity index is 1.50. The lowest BCUT2D eigenvalue weighted by Crippen LogP contribution is -2.41. The summed E-state index contributed by atoms with van der Waals surface area (Å²) in [6, 6.07) is 20.8. The third-order valence-electron chi connectivity index (χ3n) is 11.6. The zero-order valence-electron chi connectivity index (χ0n) is 35.6. The van der Waals surface area contributed by atoms with E-state index in [1.807, 2.05) is 52.0 Å². The van der Waals surface area contributed by atoms with Gasteiger partial charge >= 0.3 is 11.9 Å². The van der Waals surface area contributed by atoms with Crippen LogP contribution in [-0.2, 0) is 19.2 Å². The number of hydrogen-bond donors (Lipinski definition) is 2. The molecular formula is C48H50N4O10S. The highest BCUT2D eigenvalue weighted by atomic mass is 32.2. The first-order valence-electron chi connectivity index (χ1n) is 21.0. The Labute approximate surface area is 369 Å².